The Labute approximate surface area is 120 Å². The van der Waals surface area contributed by atoms with Crippen molar-refractivity contribution < 1.29 is 0 Å². The van der Waals surface area contributed by atoms with Gasteiger partial charge in [-0.1, -0.05) is 55.5 Å². The Bertz CT molecular complexity index is 676. The summed E-state index contributed by atoms with van der Waals surface area (Å²) in [5, 5.41) is 9.01. The van der Waals surface area contributed by atoms with Crippen molar-refractivity contribution >= 4 is 21.5 Å². The molecule has 0 radical (unpaired) electrons. The van der Waals surface area contributed by atoms with Crippen molar-refractivity contribution in [3.63, 3.8) is 0 Å². The topological polar surface area (TPSA) is 12.0 Å². The molecule has 3 rings (SSSR count). The predicted octanol–water partition coefficient (Wildman–Crippen LogP) is 4.88. The lowest BCUT2D eigenvalue weighted by molar-refractivity contribution is 0.537. The zero-order chi connectivity index (χ0) is 13.9. The van der Waals surface area contributed by atoms with Crippen LogP contribution in [0.3, 0.4) is 0 Å². The highest BCUT2D eigenvalue weighted by atomic mass is 14.9. The Morgan fingerprint density at radius 1 is 0.900 bits per heavy atom. The maximum atomic E-state index is 3.63. The van der Waals surface area contributed by atoms with E-state index in [0.29, 0.717) is 6.04 Å². The smallest absolute Gasteiger partial charge is 0.0220 e. The maximum Gasteiger partial charge on any atom is 0.0220 e. The highest BCUT2D eigenvalue weighted by Crippen LogP contribution is 2.28. The second-order valence-corrected chi connectivity index (χ2v) is 5.49. The zero-order valence-electron chi connectivity index (χ0n) is 12.2. The molecule has 0 saturated carbocycles. The number of nitrogens with one attached hydrogen (secondary N) is 1. The van der Waals surface area contributed by atoms with E-state index in [-0.39, 0.29) is 0 Å². The molecule has 0 bridgehead atoms. The van der Waals surface area contributed by atoms with Gasteiger partial charge in [-0.15, -0.1) is 0 Å². The van der Waals surface area contributed by atoms with Gasteiger partial charge < -0.3 is 5.32 Å². The first-order valence-electron chi connectivity index (χ1n) is 7.42. The average molecular weight is 263 g/mol. The Hall–Kier alpha value is -1.86. The third-order valence-corrected chi connectivity index (χ3v) is 4.12. The first-order chi connectivity index (χ1) is 9.79. The Balaban J connectivity index is 2.17. The second-order valence-electron chi connectivity index (χ2n) is 5.49. The van der Waals surface area contributed by atoms with Crippen LogP contribution in [0.1, 0.15) is 25.8 Å². The fourth-order valence-corrected chi connectivity index (χ4v) is 2.72. The Morgan fingerprint density at radius 2 is 1.45 bits per heavy atom. The second kappa shape index (κ2) is 5.64. The van der Waals surface area contributed by atoms with Gasteiger partial charge in [0.1, 0.15) is 0 Å². The van der Waals surface area contributed by atoms with Crippen molar-refractivity contribution in [3.8, 4) is 0 Å². The van der Waals surface area contributed by atoms with Crippen molar-refractivity contribution in [1.29, 1.82) is 0 Å². The number of fused-ring (bicyclic) bond motifs is 2. The lowest BCUT2D eigenvalue weighted by Crippen LogP contribution is -2.24. The fourth-order valence-electron chi connectivity index (χ4n) is 2.72. The van der Waals surface area contributed by atoms with E-state index in [2.05, 4.69) is 73.8 Å². The molecule has 0 saturated heterocycles. The van der Waals surface area contributed by atoms with E-state index in [1.165, 1.54) is 27.1 Å². The van der Waals surface area contributed by atoms with Crippen molar-refractivity contribution in [2.45, 2.75) is 32.9 Å². The summed E-state index contributed by atoms with van der Waals surface area (Å²) < 4.78 is 0. The van der Waals surface area contributed by atoms with Crippen LogP contribution in [0.2, 0.25) is 0 Å². The minimum absolute atomic E-state index is 0.549. The van der Waals surface area contributed by atoms with Crippen LogP contribution in [-0.4, -0.2) is 6.04 Å². The van der Waals surface area contributed by atoms with Gasteiger partial charge in [-0.3, -0.25) is 0 Å². The first-order valence-corrected chi connectivity index (χ1v) is 7.42. The maximum absolute atomic E-state index is 3.63. The monoisotopic (exact) mass is 263 g/mol. The molecule has 1 heteroatoms. The summed E-state index contributed by atoms with van der Waals surface area (Å²) in [6.07, 6.45) is 1.16. The molecule has 0 aromatic heterocycles. The highest BCUT2D eigenvalue weighted by Gasteiger charge is 2.08. The molecule has 3 aromatic carbocycles. The fraction of sp³-hybridized carbons (Fsp3) is 0.263. The number of hydrogen-bond donors (Lipinski definition) is 1. The molecular formula is C19H21N. The summed E-state index contributed by atoms with van der Waals surface area (Å²) in [5.74, 6) is 0. The van der Waals surface area contributed by atoms with E-state index in [4.69, 9.17) is 0 Å². The van der Waals surface area contributed by atoms with Gasteiger partial charge in [-0.25, -0.2) is 0 Å². The summed E-state index contributed by atoms with van der Waals surface area (Å²) in [7, 11) is 0. The van der Waals surface area contributed by atoms with Crippen LogP contribution >= 0.6 is 0 Å². The highest BCUT2D eigenvalue weighted by molar-refractivity contribution is 6.02. The van der Waals surface area contributed by atoms with Gasteiger partial charge in [0, 0.05) is 12.6 Å². The third kappa shape index (κ3) is 2.41. The van der Waals surface area contributed by atoms with Gasteiger partial charge in [-0.2, -0.15) is 0 Å². The predicted molar refractivity (Wildman–Crippen MR) is 88.0 cm³/mol. The van der Waals surface area contributed by atoms with Crippen LogP contribution in [0, 0.1) is 0 Å². The van der Waals surface area contributed by atoms with Crippen LogP contribution in [0.15, 0.2) is 54.6 Å². The first kappa shape index (κ1) is 13.1. The van der Waals surface area contributed by atoms with Gasteiger partial charge >= 0.3 is 0 Å². The molecule has 3 aromatic rings. The van der Waals surface area contributed by atoms with Crippen molar-refractivity contribution in [2.24, 2.45) is 0 Å². The molecule has 102 valence electrons. The molecule has 20 heavy (non-hydrogen) atoms. The van der Waals surface area contributed by atoms with E-state index >= 15 is 0 Å². The minimum atomic E-state index is 0.549. The SMILES string of the molecule is CC[C@@H](C)NCc1c2ccccc2cc2ccccc12. The third-order valence-electron chi connectivity index (χ3n) is 4.12. The number of benzene rings is 3. The quantitative estimate of drug-likeness (QED) is 0.661. The Kier molecular flexibility index (Phi) is 3.70. The molecule has 1 atom stereocenters. The summed E-state index contributed by atoms with van der Waals surface area (Å²) in [5.41, 5.74) is 1.42. The molecule has 0 heterocycles. The van der Waals surface area contributed by atoms with Crippen LogP contribution < -0.4 is 5.32 Å². The summed E-state index contributed by atoms with van der Waals surface area (Å²) in [6, 6.07) is 20.2. The van der Waals surface area contributed by atoms with Gasteiger partial charge in [0.25, 0.3) is 0 Å². The Morgan fingerprint density at radius 3 is 2.00 bits per heavy atom. The van der Waals surface area contributed by atoms with Crippen LogP contribution in [0.5, 0.6) is 0 Å². The summed E-state index contributed by atoms with van der Waals surface area (Å²) >= 11 is 0. The molecule has 0 fully saturated rings. The molecule has 0 amide bonds. The largest absolute Gasteiger partial charge is 0.310 e. The van der Waals surface area contributed by atoms with Crippen LogP contribution in [0.4, 0.5) is 0 Å². The molecule has 0 unspecified atom stereocenters. The standard InChI is InChI=1S/C19H21N/c1-3-14(2)20-13-19-17-10-6-4-8-15(17)12-16-9-5-7-11-18(16)19/h4-12,14,20H,3,13H2,1-2H3/t14-/m1/s1. The lowest BCUT2D eigenvalue weighted by Gasteiger charge is -2.15. The van der Waals surface area contributed by atoms with Gasteiger partial charge in [-0.05, 0) is 46.5 Å². The molecule has 1 nitrogen and oxygen atoms in total. The molecule has 1 N–H and O–H groups in total. The molecular weight excluding hydrogens is 242 g/mol. The van der Waals surface area contributed by atoms with Crippen molar-refractivity contribution in [1.82, 2.24) is 5.32 Å². The summed E-state index contributed by atoms with van der Waals surface area (Å²) in [6.45, 7) is 5.39. The molecule has 0 aliphatic rings. The molecule has 0 aliphatic carbocycles. The van der Waals surface area contributed by atoms with Gasteiger partial charge in [0.2, 0.25) is 0 Å². The normalized spacial score (nSPS) is 12.9. The van der Waals surface area contributed by atoms with Crippen molar-refractivity contribution in [3.05, 3.63) is 60.2 Å². The summed E-state index contributed by atoms with van der Waals surface area (Å²) in [4.78, 5) is 0. The van der Waals surface area contributed by atoms with Gasteiger partial charge in [0.15, 0.2) is 0 Å². The van der Waals surface area contributed by atoms with E-state index in [9.17, 15) is 0 Å². The number of hydrogen-bond acceptors (Lipinski definition) is 1. The zero-order valence-corrected chi connectivity index (χ0v) is 12.2. The van der Waals surface area contributed by atoms with E-state index in [0.717, 1.165) is 13.0 Å². The van der Waals surface area contributed by atoms with Crippen LogP contribution in [-0.2, 0) is 6.54 Å². The molecule has 0 aliphatic heterocycles. The average Bonchev–Trinajstić information content (AvgIpc) is 2.51. The van der Waals surface area contributed by atoms with Crippen molar-refractivity contribution in [2.75, 3.05) is 0 Å². The lowest BCUT2D eigenvalue weighted by atomic mass is 9.96. The van der Waals surface area contributed by atoms with Gasteiger partial charge in [0.05, 0.1) is 0 Å². The van der Waals surface area contributed by atoms with Crippen LogP contribution in [0.25, 0.3) is 21.5 Å². The van der Waals surface area contributed by atoms with E-state index < -0.39 is 0 Å². The molecule has 0 spiro atoms. The minimum Gasteiger partial charge on any atom is -0.310 e. The van der Waals surface area contributed by atoms with E-state index in [1.54, 1.807) is 0 Å². The number of rotatable bonds is 4. The van der Waals surface area contributed by atoms with E-state index in [1.807, 2.05) is 0 Å².